The van der Waals surface area contributed by atoms with E-state index in [2.05, 4.69) is 16.0 Å². The van der Waals surface area contributed by atoms with Crippen LogP contribution in [0.3, 0.4) is 0 Å². The number of ether oxygens (including phenoxy) is 2. The molecule has 0 aliphatic carbocycles. The molecule has 0 radical (unpaired) electrons. The largest absolute Gasteiger partial charge is 0.491 e. The van der Waals surface area contributed by atoms with Gasteiger partial charge in [-0.15, -0.1) is 0 Å². The number of nitrogens with zero attached hydrogens (tertiary/aromatic N) is 3. The summed E-state index contributed by atoms with van der Waals surface area (Å²) in [5.41, 5.74) is 1.35. The van der Waals surface area contributed by atoms with Crippen LogP contribution >= 0.6 is 0 Å². The van der Waals surface area contributed by atoms with Crippen LogP contribution in [0, 0.1) is 6.92 Å². The van der Waals surface area contributed by atoms with E-state index in [4.69, 9.17) is 19.4 Å². The Hall–Kier alpha value is -2.67. The van der Waals surface area contributed by atoms with Gasteiger partial charge in [-0.2, -0.15) is 13.2 Å². The third-order valence-electron chi connectivity index (χ3n) is 6.24. The zero-order valence-corrected chi connectivity index (χ0v) is 20.4. The highest BCUT2D eigenvalue weighted by molar-refractivity contribution is 5.67. The van der Waals surface area contributed by atoms with E-state index in [-0.39, 0.29) is 25.7 Å². The Balaban J connectivity index is 1.65. The highest BCUT2D eigenvalue weighted by Gasteiger charge is 2.42. The van der Waals surface area contributed by atoms with Crippen LogP contribution in [0.15, 0.2) is 24.3 Å². The second-order valence-electron chi connectivity index (χ2n) is 9.09. The van der Waals surface area contributed by atoms with Crippen molar-refractivity contribution in [2.24, 2.45) is 0 Å². The highest BCUT2D eigenvalue weighted by atomic mass is 19.4. The molecule has 3 heterocycles. The first-order valence-corrected chi connectivity index (χ1v) is 12.1. The van der Waals surface area contributed by atoms with Gasteiger partial charge in [-0.1, -0.05) is 12.1 Å². The summed E-state index contributed by atoms with van der Waals surface area (Å²) in [5, 5.41) is 18.8. The number of aromatic nitrogens is 2. The first-order chi connectivity index (χ1) is 17.2. The Kier molecular flexibility index (Phi) is 8.50. The molecule has 2 aliphatic rings. The summed E-state index contributed by atoms with van der Waals surface area (Å²) in [7, 11) is 1.74. The molecule has 1 aromatic heterocycles. The molecular formula is C24H33F3N6O3. The van der Waals surface area contributed by atoms with E-state index in [0.29, 0.717) is 60.6 Å². The maximum Gasteiger partial charge on any atom is 0.405 e. The summed E-state index contributed by atoms with van der Waals surface area (Å²) >= 11 is 0. The first kappa shape index (κ1) is 26.4. The molecule has 0 amide bonds. The number of halogens is 3. The molecule has 4 rings (SSSR count). The summed E-state index contributed by atoms with van der Waals surface area (Å²) in [6, 6.07) is 5.58. The first-order valence-electron chi connectivity index (χ1n) is 12.1. The fourth-order valence-corrected chi connectivity index (χ4v) is 4.30. The molecule has 3 unspecified atom stereocenters. The summed E-state index contributed by atoms with van der Waals surface area (Å²) in [6.45, 7) is 3.86. The summed E-state index contributed by atoms with van der Waals surface area (Å²) < 4.78 is 51.6. The van der Waals surface area contributed by atoms with Crippen molar-refractivity contribution in [1.29, 1.82) is 0 Å². The SMILES string of the molecule is CNCC(O)COc1cccc(-c2nc(NC3CCOC3)c(C)c(N3CCNC(C(F)(F)F)C3)n2)c1. The molecule has 2 aliphatic heterocycles. The number of nitrogens with one attached hydrogen (secondary N) is 3. The van der Waals surface area contributed by atoms with Crippen LogP contribution in [0.1, 0.15) is 12.0 Å². The molecule has 4 N–H and O–H groups in total. The van der Waals surface area contributed by atoms with Crippen molar-refractivity contribution >= 4 is 11.6 Å². The number of aliphatic hydroxyl groups excluding tert-OH is 1. The predicted molar refractivity (Wildman–Crippen MR) is 131 cm³/mol. The van der Waals surface area contributed by atoms with Gasteiger partial charge in [0.15, 0.2) is 5.82 Å². The Morgan fingerprint density at radius 1 is 1.33 bits per heavy atom. The second-order valence-corrected chi connectivity index (χ2v) is 9.09. The van der Waals surface area contributed by atoms with Gasteiger partial charge in [-0.25, -0.2) is 9.97 Å². The molecule has 1 aromatic carbocycles. The van der Waals surface area contributed by atoms with E-state index in [9.17, 15) is 18.3 Å². The van der Waals surface area contributed by atoms with E-state index >= 15 is 0 Å². The summed E-state index contributed by atoms with van der Waals surface area (Å²) in [4.78, 5) is 11.1. The Bertz CT molecular complexity index is 1020. The maximum absolute atomic E-state index is 13.5. The minimum Gasteiger partial charge on any atom is -0.491 e. The number of aliphatic hydroxyl groups is 1. The highest BCUT2D eigenvalue weighted by Crippen LogP contribution is 2.32. The molecule has 0 saturated carbocycles. The Morgan fingerprint density at radius 2 is 2.17 bits per heavy atom. The molecule has 198 valence electrons. The minimum absolute atomic E-state index is 0.0635. The van der Waals surface area contributed by atoms with E-state index in [1.54, 1.807) is 30.1 Å². The van der Waals surface area contributed by atoms with Crippen molar-refractivity contribution in [3.63, 3.8) is 0 Å². The van der Waals surface area contributed by atoms with Gasteiger partial charge in [0.1, 0.15) is 36.1 Å². The lowest BCUT2D eigenvalue weighted by Gasteiger charge is -2.36. The van der Waals surface area contributed by atoms with Crippen LogP contribution in [0.5, 0.6) is 5.75 Å². The van der Waals surface area contributed by atoms with E-state index in [1.165, 1.54) is 0 Å². The lowest BCUT2D eigenvalue weighted by molar-refractivity contribution is -0.155. The van der Waals surface area contributed by atoms with Crippen molar-refractivity contribution in [3.05, 3.63) is 29.8 Å². The Labute approximate surface area is 208 Å². The van der Waals surface area contributed by atoms with Gasteiger partial charge in [0.05, 0.1) is 12.6 Å². The van der Waals surface area contributed by atoms with Crippen molar-refractivity contribution in [1.82, 2.24) is 20.6 Å². The fourth-order valence-electron chi connectivity index (χ4n) is 4.30. The van der Waals surface area contributed by atoms with Gasteiger partial charge >= 0.3 is 6.18 Å². The smallest absolute Gasteiger partial charge is 0.405 e. The number of likely N-dealkylation sites (N-methyl/N-ethyl adjacent to an activating group) is 1. The molecule has 9 nitrogen and oxygen atoms in total. The van der Waals surface area contributed by atoms with Crippen LogP contribution < -0.4 is 25.6 Å². The van der Waals surface area contributed by atoms with Gasteiger partial charge in [0.2, 0.25) is 0 Å². The lowest BCUT2D eigenvalue weighted by Crippen LogP contribution is -2.57. The molecule has 2 saturated heterocycles. The van der Waals surface area contributed by atoms with Gasteiger partial charge in [0.25, 0.3) is 0 Å². The lowest BCUT2D eigenvalue weighted by atomic mass is 10.1. The zero-order chi connectivity index (χ0) is 25.7. The fraction of sp³-hybridized carbons (Fsp3) is 0.583. The number of benzene rings is 1. The minimum atomic E-state index is -4.35. The van der Waals surface area contributed by atoms with Crippen LogP contribution in [-0.4, -0.2) is 92.5 Å². The quantitative estimate of drug-likeness (QED) is 0.403. The van der Waals surface area contributed by atoms with Crippen molar-refractivity contribution in [2.45, 2.75) is 37.7 Å². The molecule has 0 bridgehead atoms. The second kappa shape index (κ2) is 11.6. The number of hydrogen-bond donors (Lipinski definition) is 4. The topological polar surface area (TPSA) is 104 Å². The predicted octanol–water partition coefficient (Wildman–Crippen LogP) is 1.95. The molecule has 12 heteroatoms. The van der Waals surface area contributed by atoms with Crippen LogP contribution in [0.4, 0.5) is 24.8 Å². The van der Waals surface area contributed by atoms with E-state index in [0.717, 1.165) is 6.42 Å². The van der Waals surface area contributed by atoms with E-state index in [1.807, 2.05) is 13.0 Å². The number of piperazine rings is 1. The zero-order valence-electron chi connectivity index (χ0n) is 20.4. The van der Waals surface area contributed by atoms with Crippen LogP contribution in [-0.2, 0) is 4.74 Å². The molecule has 2 fully saturated rings. The third-order valence-corrected chi connectivity index (χ3v) is 6.24. The maximum atomic E-state index is 13.5. The monoisotopic (exact) mass is 510 g/mol. The number of anilines is 2. The average molecular weight is 511 g/mol. The van der Waals surface area contributed by atoms with Crippen molar-refractivity contribution in [2.75, 3.05) is 63.3 Å². The Morgan fingerprint density at radius 3 is 2.89 bits per heavy atom. The standard InChI is InChI=1S/C24H33F3N6O3/c1-15-21(30-17-6-9-35-13-17)31-22(16-4-3-5-19(10-16)36-14-18(34)11-28-2)32-23(15)33-8-7-29-20(12-33)24(25,26)27/h3-5,10,17-18,20,28-29,34H,6-9,11-14H2,1-2H3,(H,30,31,32). The normalized spacial score (nSPS) is 21.4. The average Bonchev–Trinajstić information content (AvgIpc) is 3.37. The van der Waals surface area contributed by atoms with Gasteiger partial charge in [-0.3, -0.25) is 0 Å². The van der Waals surface area contributed by atoms with Gasteiger partial charge in [-0.05, 0) is 32.5 Å². The number of rotatable bonds is 9. The van der Waals surface area contributed by atoms with E-state index < -0.39 is 18.3 Å². The third kappa shape index (κ3) is 6.55. The molecular weight excluding hydrogens is 477 g/mol. The van der Waals surface area contributed by atoms with Gasteiger partial charge < -0.3 is 35.4 Å². The molecule has 3 atom stereocenters. The van der Waals surface area contributed by atoms with Crippen LogP contribution in [0.2, 0.25) is 0 Å². The van der Waals surface area contributed by atoms with Crippen LogP contribution in [0.25, 0.3) is 11.4 Å². The van der Waals surface area contributed by atoms with Crippen molar-refractivity contribution in [3.8, 4) is 17.1 Å². The van der Waals surface area contributed by atoms with Crippen molar-refractivity contribution < 1.29 is 27.8 Å². The number of hydrogen-bond acceptors (Lipinski definition) is 9. The molecule has 2 aromatic rings. The summed E-state index contributed by atoms with van der Waals surface area (Å²) in [6.07, 6.45) is -4.20. The number of alkyl halides is 3. The van der Waals surface area contributed by atoms with Gasteiger partial charge in [0, 0.05) is 43.9 Å². The molecule has 0 spiro atoms. The summed E-state index contributed by atoms with van der Waals surface area (Å²) in [5.74, 6) is 1.95. The molecule has 36 heavy (non-hydrogen) atoms.